The van der Waals surface area contributed by atoms with Gasteiger partial charge in [0.15, 0.2) is 0 Å². The average Bonchev–Trinajstić information content (AvgIpc) is 3.52. The van der Waals surface area contributed by atoms with Crippen LogP contribution in [-0.4, -0.2) is 82.7 Å². The second-order valence-corrected chi connectivity index (χ2v) is 13.9. The first kappa shape index (κ1) is 38.3. The summed E-state index contributed by atoms with van der Waals surface area (Å²) in [5.74, 6) is 0.409. The molecule has 0 aliphatic carbocycles. The Bertz CT molecular complexity index is 1380. The van der Waals surface area contributed by atoms with E-state index in [1.807, 2.05) is 30.5 Å². The zero-order valence-corrected chi connectivity index (χ0v) is 30.3. The Morgan fingerprint density at radius 2 is 1.45 bits per heavy atom. The van der Waals surface area contributed by atoms with Crippen LogP contribution in [0, 0.1) is 23.7 Å². The molecular formula is C37H55N3O9. The highest BCUT2D eigenvalue weighted by Gasteiger charge is 2.44. The number of esters is 3. The topological polar surface area (TPSA) is 137 Å². The summed E-state index contributed by atoms with van der Waals surface area (Å²) in [6, 6.07) is 7.84. The number of carbonyl (C=O) groups is 3. The smallest absolute Gasteiger partial charge is 0.303 e. The lowest BCUT2D eigenvalue weighted by atomic mass is 9.79. The van der Waals surface area contributed by atoms with Gasteiger partial charge in [0, 0.05) is 38.2 Å². The molecular weight excluding hydrogens is 630 g/mol. The quantitative estimate of drug-likeness (QED) is 0.128. The standard InChI is InChI=1S/C37H55N3O9/c1-22-24(3)36(47-28(7)42)34(46-26(22)5)20-40-19-32(38-39-40)30-14-13-15-31(18-30)44-17-12-10-9-11-16-33-23(2)25(4)37(48-29(8)43)35(49-33)21-45-27(6)41/h13-15,18-19,22-26,33-37H,9-12,16-17,20-21H2,1-8H3/t22?,23?,24-,25-,26?,33?,34?,35?,36-,37-/m1/s1. The van der Waals surface area contributed by atoms with Gasteiger partial charge in [-0.3, -0.25) is 14.4 Å². The molecule has 0 saturated carbocycles. The Morgan fingerprint density at radius 1 is 0.776 bits per heavy atom. The van der Waals surface area contributed by atoms with Crippen LogP contribution in [0.5, 0.6) is 5.75 Å². The van der Waals surface area contributed by atoms with E-state index in [-0.39, 0.29) is 72.6 Å². The highest BCUT2D eigenvalue weighted by Crippen LogP contribution is 2.36. The third kappa shape index (κ3) is 10.7. The molecule has 10 atom stereocenters. The van der Waals surface area contributed by atoms with E-state index >= 15 is 0 Å². The predicted octanol–water partition coefficient (Wildman–Crippen LogP) is 5.80. The van der Waals surface area contributed by atoms with Gasteiger partial charge >= 0.3 is 17.9 Å². The van der Waals surface area contributed by atoms with Crippen molar-refractivity contribution in [3.8, 4) is 17.0 Å². The van der Waals surface area contributed by atoms with Gasteiger partial charge in [0.2, 0.25) is 0 Å². The minimum absolute atomic E-state index is 0.000589. The van der Waals surface area contributed by atoms with Crippen LogP contribution in [0.1, 0.15) is 87.5 Å². The molecule has 0 bridgehead atoms. The van der Waals surface area contributed by atoms with Crippen molar-refractivity contribution in [1.29, 1.82) is 0 Å². The first-order valence-electron chi connectivity index (χ1n) is 17.8. The minimum Gasteiger partial charge on any atom is -0.494 e. The molecule has 12 heteroatoms. The van der Waals surface area contributed by atoms with Gasteiger partial charge in [-0.15, -0.1) is 5.10 Å². The van der Waals surface area contributed by atoms with Gasteiger partial charge in [0.1, 0.15) is 42.5 Å². The fourth-order valence-corrected chi connectivity index (χ4v) is 6.95. The molecule has 2 aliphatic heterocycles. The fraction of sp³-hybridized carbons (Fsp3) is 0.703. The maximum absolute atomic E-state index is 11.8. The molecule has 2 aliphatic rings. The number of aromatic nitrogens is 3. The van der Waals surface area contributed by atoms with Gasteiger partial charge in [-0.1, -0.05) is 64.3 Å². The molecule has 272 valence electrons. The molecule has 1 aromatic heterocycles. The van der Waals surface area contributed by atoms with Gasteiger partial charge in [0.05, 0.1) is 31.6 Å². The summed E-state index contributed by atoms with van der Waals surface area (Å²) in [7, 11) is 0. The normalized spacial score (nSPS) is 30.0. The SMILES string of the molecule is CC(=O)OCC1OC(CCCCCCOc2cccc(-c3cn(CC4OC(C)C(C)[C@@H](C)[C@H]4OC(C)=O)nn3)c2)C(C)[C@@H](C)[C@H]1OC(C)=O. The Balaban J connectivity index is 1.21. The van der Waals surface area contributed by atoms with Crippen LogP contribution in [0.15, 0.2) is 30.5 Å². The Labute approximate surface area is 290 Å². The first-order chi connectivity index (χ1) is 23.3. The monoisotopic (exact) mass is 685 g/mol. The van der Waals surface area contributed by atoms with Gasteiger partial charge in [-0.2, -0.15) is 0 Å². The van der Waals surface area contributed by atoms with Crippen LogP contribution in [0.3, 0.4) is 0 Å². The van der Waals surface area contributed by atoms with Crippen LogP contribution in [-0.2, 0) is 44.6 Å². The highest BCUT2D eigenvalue weighted by atomic mass is 16.6. The molecule has 6 unspecified atom stereocenters. The van der Waals surface area contributed by atoms with Crippen molar-refractivity contribution in [3.63, 3.8) is 0 Å². The van der Waals surface area contributed by atoms with E-state index in [9.17, 15) is 14.4 Å². The van der Waals surface area contributed by atoms with Gasteiger partial charge in [0.25, 0.3) is 0 Å². The highest BCUT2D eigenvalue weighted by molar-refractivity contribution is 5.67. The fourth-order valence-electron chi connectivity index (χ4n) is 6.95. The number of nitrogens with zero attached hydrogens (tertiary/aromatic N) is 3. The average molecular weight is 686 g/mol. The van der Waals surface area contributed by atoms with Gasteiger partial charge < -0.3 is 28.4 Å². The summed E-state index contributed by atoms with van der Waals surface area (Å²) in [5.41, 5.74) is 1.63. The van der Waals surface area contributed by atoms with Crippen molar-refractivity contribution in [2.24, 2.45) is 23.7 Å². The van der Waals surface area contributed by atoms with E-state index in [0.717, 1.165) is 49.1 Å². The molecule has 12 nitrogen and oxygen atoms in total. The zero-order valence-electron chi connectivity index (χ0n) is 30.3. The number of hydrogen-bond acceptors (Lipinski definition) is 11. The summed E-state index contributed by atoms with van der Waals surface area (Å²) in [6.45, 7) is 15.8. The number of ether oxygens (including phenoxy) is 6. The summed E-state index contributed by atoms with van der Waals surface area (Å²) in [4.78, 5) is 34.9. The lowest BCUT2D eigenvalue weighted by molar-refractivity contribution is -0.206. The number of unbranched alkanes of at least 4 members (excludes halogenated alkanes) is 3. The van der Waals surface area contributed by atoms with Crippen molar-refractivity contribution in [2.45, 2.75) is 131 Å². The molecule has 4 rings (SSSR count). The lowest BCUT2D eigenvalue weighted by Crippen LogP contribution is -2.52. The van der Waals surface area contributed by atoms with Crippen LogP contribution >= 0.6 is 0 Å². The van der Waals surface area contributed by atoms with Crippen LogP contribution in [0.2, 0.25) is 0 Å². The maximum Gasteiger partial charge on any atom is 0.303 e. The van der Waals surface area contributed by atoms with E-state index in [1.165, 1.54) is 20.8 Å². The van der Waals surface area contributed by atoms with Crippen molar-refractivity contribution in [1.82, 2.24) is 15.0 Å². The van der Waals surface area contributed by atoms with Crippen molar-refractivity contribution in [2.75, 3.05) is 13.2 Å². The van der Waals surface area contributed by atoms with E-state index in [2.05, 4.69) is 44.9 Å². The molecule has 2 fully saturated rings. The van der Waals surface area contributed by atoms with E-state index in [4.69, 9.17) is 28.4 Å². The second-order valence-electron chi connectivity index (χ2n) is 13.9. The molecule has 49 heavy (non-hydrogen) atoms. The third-order valence-corrected chi connectivity index (χ3v) is 10.2. The largest absolute Gasteiger partial charge is 0.494 e. The molecule has 2 aromatic rings. The van der Waals surface area contributed by atoms with Gasteiger partial charge in [-0.05, 0) is 43.7 Å². The summed E-state index contributed by atoms with van der Waals surface area (Å²) in [5, 5.41) is 8.73. The zero-order chi connectivity index (χ0) is 35.7. The van der Waals surface area contributed by atoms with Crippen molar-refractivity contribution >= 4 is 17.9 Å². The maximum atomic E-state index is 11.8. The summed E-state index contributed by atoms with van der Waals surface area (Å²) >= 11 is 0. The van der Waals surface area contributed by atoms with Crippen LogP contribution < -0.4 is 4.74 Å². The number of benzene rings is 1. The molecule has 0 spiro atoms. The van der Waals surface area contributed by atoms with Gasteiger partial charge in [-0.25, -0.2) is 4.68 Å². The first-order valence-corrected chi connectivity index (χ1v) is 17.8. The van der Waals surface area contributed by atoms with E-state index in [1.54, 1.807) is 4.68 Å². The van der Waals surface area contributed by atoms with Crippen molar-refractivity contribution in [3.05, 3.63) is 30.5 Å². The predicted molar refractivity (Wildman–Crippen MR) is 181 cm³/mol. The van der Waals surface area contributed by atoms with Crippen LogP contribution in [0.25, 0.3) is 11.3 Å². The molecule has 2 saturated heterocycles. The van der Waals surface area contributed by atoms with Crippen LogP contribution in [0.4, 0.5) is 0 Å². The minimum atomic E-state index is -0.472. The Morgan fingerprint density at radius 3 is 2.14 bits per heavy atom. The van der Waals surface area contributed by atoms with E-state index < -0.39 is 12.2 Å². The Kier molecular flexibility index (Phi) is 14.0. The molecule has 0 radical (unpaired) electrons. The number of hydrogen-bond donors (Lipinski definition) is 0. The second kappa shape index (κ2) is 17.9. The summed E-state index contributed by atoms with van der Waals surface area (Å²) < 4.78 is 36.9. The van der Waals surface area contributed by atoms with E-state index in [0.29, 0.717) is 13.2 Å². The molecule has 0 N–H and O–H groups in total. The molecule has 3 heterocycles. The molecule has 0 amide bonds. The number of rotatable bonds is 15. The number of carbonyl (C=O) groups excluding carboxylic acids is 3. The Hall–Kier alpha value is -3.51. The van der Waals surface area contributed by atoms with Crippen molar-refractivity contribution < 1.29 is 42.8 Å². The lowest BCUT2D eigenvalue weighted by Gasteiger charge is -2.44. The molecule has 1 aromatic carbocycles. The summed E-state index contributed by atoms with van der Waals surface area (Å²) in [6.07, 6.45) is 5.19. The third-order valence-electron chi connectivity index (χ3n) is 10.2.